The highest BCUT2D eigenvalue weighted by Crippen LogP contribution is 2.29. The number of amidine groups is 1. The van der Waals surface area contributed by atoms with Crippen LogP contribution in [0.25, 0.3) is 10.8 Å². The number of sulfonamides is 1. The predicted octanol–water partition coefficient (Wildman–Crippen LogP) is 2.48. The van der Waals surface area contributed by atoms with Crippen LogP contribution in [0.15, 0.2) is 54.6 Å². The van der Waals surface area contributed by atoms with Crippen LogP contribution in [0.4, 0.5) is 15.8 Å². The van der Waals surface area contributed by atoms with Crippen LogP contribution in [0.5, 0.6) is 0 Å². The average Bonchev–Trinajstić information content (AvgIpc) is 3.10. The number of anilines is 2. The number of fused-ring (bicyclic) bond motifs is 1. The summed E-state index contributed by atoms with van der Waals surface area (Å²) in [5.41, 5.74) is 7.10. The summed E-state index contributed by atoms with van der Waals surface area (Å²) in [7, 11) is -4.32. The van der Waals surface area contributed by atoms with Crippen molar-refractivity contribution in [2.24, 2.45) is 5.73 Å². The molecule has 0 radical (unpaired) electrons. The maximum atomic E-state index is 15.2. The molecule has 0 amide bonds. The summed E-state index contributed by atoms with van der Waals surface area (Å²) in [6.45, 7) is 2.66. The van der Waals surface area contributed by atoms with Gasteiger partial charge in [-0.25, -0.2) is 12.8 Å². The zero-order valence-electron chi connectivity index (χ0n) is 19.6. The molecule has 0 atom stereocenters. The van der Waals surface area contributed by atoms with Crippen LogP contribution in [0.1, 0.15) is 17.5 Å². The number of carbonyl (C=O) groups is 1. The fraction of sp³-hybridized carbons (Fsp3) is 0.280. The van der Waals surface area contributed by atoms with Gasteiger partial charge in [0.15, 0.2) is 5.75 Å². The highest BCUT2D eigenvalue weighted by Gasteiger charge is 2.27. The van der Waals surface area contributed by atoms with Crippen molar-refractivity contribution in [3.63, 3.8) is 0 Å². The smallest absolute Gasteiger partial charge is 0.320 e. The molecule has 3 aromatic rings. The largest absolute Gasteiger partial charge is 0.480 e. The number of hydrogen-bond donors (Lipinski definition) is 4. The molecule has 0 aliphatic carbocycles. The van der Waals surface area contributed by atoms with Gasteiger partial charge in [-0.3, -0.25) is 14.5 Å². The van der Waals surface area contributed by atoms with E-state index in [9.17, 15) is 18.3 Å². The number of nitrogen functional groups attached to an aromatic ring is 1. The summed E-state index contributed by atoms with van der Waals surface area (Å²) in [6, 6.07) is 14.7. The molecule has 1 aliphatic rings. The zero-order chi connectivity index (χ0) is 25.9. The van der Waals surface area contributed by atoms with Crippen molar-refractivity contribution in [3.8, 4) is 0 Å². The third kappa shape index (κ3) is 5.74. The maximum absolute atomic E-state index is 15.2. The molecule has 1 saturated heterocycles. The van der Waals surface area contributed by atoms with Crippen molar-refractivity contribution >= 4 is 44.0 Å². The van der Waals surface area contributed by atoms with E-state index in [1.165, 1.54) is 6.07 Å². The van der Waals surface area contributed by atoms with Crippen molar-refractivity contribution in [2.75, 3.05) is 41.1 Å². The molecule has 1 fully saturated rings. The number of benzene rings is 3. The van der Waals surface area contributed by atoms with E-state index in [4.69, 9.17) is 11.1 Å². The molecule has 4 rings (SSSR count). The molecule has 5 N–H and O–H groups in total. The van der Waals surface area contributed by atoms with Crippen LogP contribution in [0.3, 0.4) is 0 Å². The first-order valence-electron chi connectivity index (χ1n) is 11.5. The average molecular weight is 514 g/mol. The first-order valence-corrected chi connectivity index (χ1v) is 13.1. The minimum atomic E-state index is -4.32. The summed E-state index contributed by atoms with van der Waals surface area (Å²) in [5.74, 6) is -3.30. The minimum Gasteiger partial charge on any atom is -0.480 e. The lowest BCUT2D eigenvalue weighted by Gasteiger charge is -2.27. The molecule has 0 unspecified atom stereocenters. The SMILES string of the molecule is N=C(N)c1ccc2ccc(CN(c3ccc(N4CCCNCC4)c(F)c3)S(=O)(=O)CC(=O)O)cc2c1. The van der Waals surface area contributed by atoms with Gasteiger partial charge in [0.05, 0.1) is 17.9 Å². The second kappa shape index (κ2) is 10.5. The summed E-state index contributed by atoms with van der Waals surface area (Å²) in [6.07, 6.45) is 0.855. The van der Waals surface area contributed by atoms with Gasteiger partial charge < -0.3 is 21.1 Å². The molecular weight excluding hydrogens is 485 g/mol. The molecule has 1 aliphatic heterocycles. The number of nitrogens with two attached hydrogens (primary N) is 1. The molecule has 190 valence electrons. The number of carboxylic acids is 1. The Morgan fingerprint density at radius 3 is 2.58 bits per heavy atom. The number of nitrogens with one attached hydrogen (secondary N) is 2. The molecular formula is C25H28FN5O4S. The highest BCUT2D eigenvalue weighted by atomic mass is 32.2. The molecule has 36 heavy (non-hydrogen) atoms. The number of halogens is 1. The van der Waals surface area contributed by atoms with Gasteiger partial charge in [0.1, 0.15) is 11.7 Å². The van der Waals surface area contributed by atoms with E-state index in [2.05, 4.69) is 5.32 Å². The van der Waals surface area contributed by atoms with Gasteiger partial charge in [-0.15, -0.1) is 0 Å². The Balaban J connectivity index is 1.71. The van der Waals surface area contributed by atoms with Crippen molar-refractivity contribution < 1.29 is 22.7 Å². The normalized spacial score (nSPS) is 14.4. The quantitative estimate of drug-likeness (QED) is 0.268. The van der Waals surface area contributed by atoms with E-state index >= 15 is 4.39 Å². The Morgan fingerprint density at radius 2 is 1.86 bits per heavy atom. The lowest BCUT2D eigenvalue weighted by atomic mass is 10.0. The van der Waals surface area contributed by atoms with E-state index < -0.39 is 27.6 Å². The summed E-state index contributed by atoms with van der Waals surface area (Å²) >= 11 is 0. The Kier molecular flexibility index (Phi) is 7.41. The summed E-state index contributed by atoms with van der Waals surface area (Å²) in [4.78, 5) is 13.2. The molecule has 0 saturated carbocycles. The van der Waals surface area contributed by atoms with Gasteiger partial charge in [-0.05, 0) is 53.6 Å². The van der Waals surface area contributed by atoms with Crippen molar-refractivity contribution in [1.82, 2.24) is 5.32 Å². The summed E-state index contributed by atoms with van der Waals surface area (Å²) < 4.78 is 42.2. The fourth-order valence-electron chi connectivity index (χ4n) is 4.31. The van der Waals surface area contributed by atoms with Gasteiger partial charge in [0.25, 0.3) is 0 Å². The molecule has 0 aromatic heterocycles. The third-order valence-electron chi connectivity index (χ3n) is 6.08. The Hall–Kier alpha value is -3.70. The van der Waals surface area contributed by atoms with Gasteiger partial charge in [-0.2, -0.15) is 0 Å². The Morgan fingerprint density at radius 1 is 1.08 bits per heavy atom. The fourth-order valence-corrected chi connectivity index (χ4v) is 5.55. The highest BCUT2D eigenvalue weighted by molar-refractivity contribution is 7.93. The van der Waals surface area contributed by atoms with Crippen LogP contribution in [0, 0.1) is 11.2 Å². The van der Waals surface area contributed by atoms with Crippen LogP contribution in [0.2, 0.25) is 0 Å². The van der Waals surface area contributed by atoms with E-state index in [0.717, 1.165) is 34.1 Å². The Bertz CT molecular complexity index is 1400. The van der Waals surface area contributed by atoms with Crippen LogP contribution in [-0.2, 0) is 21.4 Å². The minimum absolute atomic E-state index is 0.0445. The van der Waals surface area contributed by atoms with E-state index in [1.54, 1.807) is 42.5 Å². The van der Waals surface area contributed by atoms with Crippen molar-refractivity contribution in [2.45, 2.75) is 13.0 Å². The second-order valence-corrected chi connectivity index (χ2v) is 10.6. The molecule has 1 heterocycles. The second-order valence-electron chi connectivity index (χ2n) is 8.69. The van der Waals surface area contributed by atoms with Crippen molar-refractivity contribution in [3.05, 3.63) is 71.5 Å². The monoisotopic (exact) mass is 513 g/mol. The molecule has 11 heteroatoms. The van der Waals surface area contributed by atoms with Gasteiger partial charge in [0, 0.05) is 31.3 Å². The lowest BCUT2D eigenvalue weighted by molar-refractivity contribution is -0.134. The maximum Gasteiger partial charge on any atom is 0.320 e. The lowest BCUT2D eigenvalue weighted by Crippen LogP contribution is -2.35. The predicted molar refractivity (Wildman–Crippen MR) is 139 cm³/mol. The van der Waals surface area contributed by atoms with E-state index in [-0.39, 0.29) is 18.1 Å². The summed E-state index contributed by atoms with van der Waals surface area (Å²) in [5, 5.41) is 21.7. The van der Waals surface area contributed by atoms with Crippen LogP contribution >= 0.6 is 0 Å². The zero-order valence-corrected chi connectivity index (χ0v) is 20.4. The Labute approximate surface area is 208 Å². The first kappa shape index (κ1) is 25.4. The van der Waals surface area contributed by atoms with Gasteiger partial charge in [0.2, 0.25) is 10.0 Å². The van der Waals surface area contributed by atoms with Gasteiger partial charge >= 0.3 is 5.97 Å². The number of aliphatic carboxylic acids is 1. The number of nitrogens with zero attached hydrogens (tertiary/aromatic N) is 2. The van der Waals surface area contributed by atoms with E-state index in [0.29, 0.717) is 36.4 Å². The number of hydrogen-bond acceptors (Lipinski definition) is 6. The van der Waals surface area contributed by atoms with E-state index in [1.807, 2.05) is 4.90 Å². The molecule has 0 bridgehead atoms. The number of carboxylic acid groups (broad SMARTS) is 1. The van der Waals surface area contributed by atoms with Crippen LogP contribution < -0.4 is 20.3 Å². The molecule has 3 aromatic carbocycles. The van der Waals surface area contributed by atoms with Crippen molar-refractivity contribution in [1.29, 1.82) is 5.41 Å². The molecule has 0 spiro atoms. The third-order valence-corrected chi connectivity index (χ3v) is 7.71. The topological polar surface area (TPSA) is 140 Å². The van der Waals surface area contributed by atoms with Gasteiger partial charge in [-0.1, -0.05) is 24.3 Å². The first-order chi connectivity index (χ1) is 17.1. The van der Waals surface area contributed by atoms with Crippen LogP contribution in [-0.4, -0.2) is 57.3 Å². The molecule has 9 nitrogen and oxygen atoms in total. The number of rotatable bonds is 8. The standard InChI is InChI=1S/C25H28FN5O4S/c26-22-14-21(6-7-23(22)30-10-1-8-29-9-11-30)31(36(34,35)16-24(32)33)15-17-2-3-18-4-5-19(25(27)28)13-20(18)12-17/h2-7,12-14,29H,1,8-11,15-16H2,(H3,27,28)(H,32,33).